The van der Waals surface area contributed by atoms with Gasteiger partial charge >= 0.3 is 6.09 Å². The van der Waals surface area contributed by atoms with Crippen molar-refractivity contribution in [3.8, 4) is 0 Å². The van der Waals surface area contributed by atoms with E-state index in [1.165, 1.54) is 11.1 Å². The first-order chi connectivity index (χ1) is 14.6. The highest BCUT2D eigenvalue weighted by Gasteiger charge is 2.23. The van der Waals surface area contributed by atoms with E-state index in [1.54, 1.807) is 20.8 Å². The average molecular weight is 432 g/mol. The number of aryl methyl sites for hydroxylation is 2. The zero-order valence-corrected chi connectivity index (χ0v) is 19.3. The van der Waals surface area contributed by atoms with Crippen LogP contribution in [0, 0.1) is 12.8 Å². The molecular weight excluding hydrogens is 394 g/mol. The van der Waals surface area contributed by atoms with Crippen molar-refractivity contribution in [3.63, 3.8) is 0 Å². The molecule has 1 heterocycles. The summed E-state index contributed by atoms with van der Waals surface area (Å²) in [5.41, 5.74) is 1.86. The summed E-state index contributed by atoms with van der Waals surface area (Å²) in [5, 5.41) is 5.52. The Balaban J connectivity index is 1.58. The van der Waals surface area contributed by atoms with Gasteiger partial charge in [0.05, 0.1) is 0 Å². The maximum absolute atomic E-state index is 12.5. The molecule has 0 bridgehead atoms. The van der Waals surface area contributed by atoms with Crippen molar-refractivity contribution in [1.29, 1.82) is 0 Å². The number of rotatable bonds is 8. The molecule has 31 heavy (non-hydrogen) atoms. The number of likely N-dealkylation sites (tertiary alicyclic amines) is 1. The number of alkyl carbamates (subject to hydrolysis) is 1. The summed E-state index contributed by atoms with van der Waals surface area (Å²) >= 11 is 0. The Bertz CT molecular complexity index is 749. The SMILES string of the molecule is Cc1cccc(CCC(=O)N2CCC(CNC(=O)CCNC(=O)OC(C)(C)C)CC2)c1. The highest BCUT2D eigenvalue weighted by Crippen LogP contribution is 2.18. The molecule has 1 aromatic rings. The van der Waals surface area contributed by atoms with Crippen molar-refractivity contribution in [2.75, 3.05) is 26.2 Å². The van der Waals surface area contributed by atoms with E-state index >= 15 is 0 Å². The van der Waals surface area contributed by atoms with E-state index < -0.39 is 11.7 Å². The Labute approximate surface area is 185 Å². The number of carbonyl (C=O) groups is 3. The molecule has 2 N–H and O–H groups in total. The molecule has 1 saturated heterocycles. The molecule has 1 aliphatic heterocycles. The van der Waals surface area contributed by atoms with Gasteiger partial charge in [-0.05, 0) is 58.4 Å². The molecule has 7 nitrogen and oxygen atoms in total. The first kappa shape index (κ1) is 24.7. The normalized spacial score (nSPS) is 14.8. The molecule has 0 atom stereocenters. The minimum Gasteiger partial charge on any atom is -0.444 e. The second-order valence-corrected chi connectivity index (χ2v) is 9.30. The predicted octanol–water partition coefficient (Wildman–Crippen LogP) is 3.20. The third-order valence-electron chi connectivity index (χ3n) is 5.29. The van der Waals surface area contributed by atoms with E-state index in [-0.39, 0.29) is 24.8 Å². The van der Waals surface area contributed by atoms with Gasteiger partial charge in [-0.25, -0.2) is 4.79 Å². The van der Waals surface area contributed by atoms with Crippen LogP contribution in [0.1, 0.15) is 57.6 Å². The van der Waals surface area contributed by atoms with E-state index in [9.17, 15) is 14.4 Å². The summed E-state index contributed by atoms with van der Waals surface area (Å²) in [5.74, 6) is 0.494. The number of ether oxygens (including phenoxy) is 1. The van der Waals surface area contributed by atoms with Crippen LogP contribution in [0.3, 0.4) is 0 Å². The van der Waals surface area contributed by atoms with Crippen LogP contribution < -0.4 is 10.6 Å². The molecule has 2 rings (SSSR count). The zero-order chi connectivity index (χ0) is 22.9. The summed E-state index contributed by atoms with van der Waals surface area (Å²) < 4.78 is 5.14. The average Bonchev–Trinajstić information content (AvgIpc) is 2.69. The summed E-state index contributed by atoms with van der Waals surface area (Å²) in [6.07, 6.45) is 2.80. The molecule has 1 fully saturated rings. The second-order valence-electron chi connectivity index (χ2n) is 9.30. The van der Waals surface area contributed by atoms with E-state index in [1.807, 2.05) is 11.0 Å². The molecule has 0 unspecified atom stereocenters. The van der Waals surface area contributed by atoms with Gasteiger partial charge in [0.25, 0.3) is 0 Å². The van der Waals surface area contributed by atoms with E-state index in [0.29, 0.717) is 18.9 Å². The predicted molar refractivity (Wildman–Crippen MR) is 121 cm³/mol. The number of nitrogens with one attached hydrogen (secondary N) is 2. The highest BCUT2D eigenvalue weighted by atomic mass is 16.6. The standard InChI is InChI=1S/C24H37N3O4/c1-18-6-5-7-19(16-18)8-9-22(29)27-14-11-20(12-15-27)17-26-21(28)10-13-25-23(30)31-24(2,3)4/h5-7,16,20H,8-15,17H2,1-4H3,(H,25,30)(H,26,28). The molecule has 7 heteroatoms. The Morgan fingerprint density at radius 3 is 2.45 bits per heavy atom. The topological polar surface area (TPSA) is 87.7 Å². The van der Waals surface area contributed by atoms with Gasteiger partial charge in [0.1, 0.15) is 5.60 Å². The Hall–Kier alpha value is -2.57. The van der Waals surface area contributed by atoms with Crippen LogP contribution in [-0.2, 0) is 20.7 Å². The number of hydrogen-bond donors (Lipinski definition) is 2. The molecule has 3 amide bonds. The smallest absolute Gasteiger partial charge is 0.407 e. The maximum atomic E-state index is 12.5. The molecule has 0 spiro atoms. The number of nitrogens with zero attached hydrogens (tertiary/aromatic N) is 1. The van der Waals surface area contributed by atoms with Gasteiger partial charge in [-0.15, -0.1) is 0 Å². The van der Waals surface area contributed by atoms with E-state index in [2.05, 4.69) is 35.8 Å². The molecule has 0 saturated carbocycles. The third-order valence-corrected chi connectivity index (χ3v) is 5.29. The highest BCUT2D eigenvalue weighted by molar-refractivity contribution is 5.77. The first-order valence-corrected chi connectivity index (χ1v) is 11.2. The fourth-order valence-corrected chi connectivity index (χ4v) is 3.60. The van der Waals surface area contributed by atoms with Gasteiger partial charge in [0.15, 0.2) is 0 Å². The van der Waals surface area contributed by atoms with Gasteiger partial charge in [-0.1, -0.05) is 29.8 Å². The summed E-state index contributed by atoms with van der Waals surface area (Å²) in [6.45, 7) is 9.78. The minimum absolute atomic E-state index is 0.0901. The van der Waals surface area contributed by atoms with Gasteiger partial charge in [0.2, 0.25) is 11.8 Å². The fourth-order valence-electron chi connectivity index (χ4n) is 3.60. The molecule has 1 aromatic carbocycles. The Morgan fingerprint density at radius 2 is 1.81 bits per heavy atom. The van der Waals surface area contributed by atoms with Crippen molar-refractivity contribution in [2.24, 2.45) is 5.92 Å². The van der Waals surface area contributed by atoms with Crippen LogP contribution >= 0.6 is 0 Å². The fraction of sp³-hybridized carbons (Fsp3) is 0.625. The van der Waals surface area contributed by atoms with Gasteiger partial charge in [-0.2, -0.15) is 0 Å². The van der Waals surface area contributed by atoms with Crippen molar-refractivity contribution < 1.29 is 19.1 Å². The first-order valence-electron chi connectivity index (χ1n) is 11.2. The lowest BCUT2D eigenvalue weighted by Gasteiger charge is -2.32. The van der Waals surface area contributed by atoms with Crippen LogP contribution in [0.2, 0.25) is 0 Å². The number of carbonyl (C=O) groups excluding carboxylic acids is 3. The van der Waals surface area contributed by atoms with Gasteiger partial charge in [-0.3, -0.25) is 9.59 Å². The van der Waals surface area contributed by atoms with Crippen molar-refractivity contribution >= 4 is 17.9 Å². The number of benzene rings is 1. The van der Waals surface area contributed by atoms with Gasteiger partial charge in [0, 0.05) is 39.0 Å². The van der Waals surface area contributed by atoms with E-state index in [0.717, 1.165) is 32.4 Å². The lowest BCUT2D eigenvalue weighted by molar-refractivity contribution is -0.132. The lowest BCUT2D eigenvalue weighted by atomic mass is 9.96. The molecule has 0 aliphatic carbocycles. The Morgan fingerprint density at radius 1 is 1.10 bits per heavy atom. The van der Waals surface area contributed by atoms with Crippen molar-refractivity contribution in [3.05, 3.63) is 35.4 Å². The number of hydrogen-bond acceptors (Lipinski definition) is 4. The molecule has 1 aliphatic rings. The molecule has 172 valence electrons. The van der Waals surface area contributed by atoms with Gasteiger partial charge < -0.3 is 20.3 Å². The third kappa shape index (κ3) is 9.85. The van der Waals surface area contributed by atoms with Crippen molar-refractivity contribution in [2.45, 2.75) is 65.4 Å². The quantitative estimate of drug-likeness (QED) is 0.662. The maximum Gasteiger partial charge on any atom is 0.407 e. The Kier molecular flexibility index (Phi) is 9.34. The number of piperidine rings is 1. The monoisotopic (exact) mass is 431 g/mol. The second kappa shape index (κ2) is 11.7. The van der Waals surface area contributed by atoms with Crippen LogP contribution in [-0.4, -0.2) is 54.6 Å². The van der Waals surface area contributed by atoms with Crippen LogP contribution in [0.4, 0.5) is 4.79 Å². The summed E-state index contributed by atoms with van der Waals surface area (Å²) in [7, 11) is 0. The van der Waals surface area contributed by atoms with Crippen LogP contribution in [0.5, 0.6) is 0 Å². The summed E-state index contributed by atoms with van der Waals surface area (Å²) in [6, 6.07) is 8.29. The lowest BCUT2D eigenvalue weighted by Crippen LogP contribution is -2.42. The van der Waals surface area contributed by atoms with Crippen LogP contribution in [0.15, 0.2) is 24.3 Å². The largest absolute Gasteiger partial charge is 0.444 e. The molecule has 0 radical (unpaired) electrons. The molecule has 0 aromatic heterocycles. The van der Waals surface area contributed by atoms with Crippen molar-refractivity contribution in [1.82, 2.24) is 15.5 Å². The van der Waals surface area contributed by atoms with E-state index in [4.69, 9.17) is 4.74 Å². The minimum atomic E-state index is -0.552. The molecular formula is C24H37N3O4. The number of amides is 3. The summed E-state index contributed by atoms with van der Waals surface area (Å²) in [4.78, 5) is 38.0. The zero-order valence-electron chi connectivity index (χ0n) is 19.3. The van der Waals surface area contributed by atoms with Crippen LogP contribution in [0.25, 0.3) is 0 Å².